The van der Waals surface area contributed by atoms with E-state index in [1.54, 1.807) is 0 Å². The molecule has 5 heteroatoms. The molecule has 0 saturated carbocycles. The van der Waals surface area contributed by atoms with E-state index in [4.69, 9.17) is 5.84 Å². The van der Waals surface area contributed by atoms with E-state index in [-0.39, 0.29) is 12.5 Å². The zero-order valence-electron chi connectivity index (χ0n) is 11.3. The molecule has 0 amide bonds. The Morgan fingerprint density at radius 1 is 1.21 bits per heavy atom. The largest absolute Gasteiger partial charge is 0.389 e. The van der Waals surface area contributed by atoms with E-state index in [1.165, 1.54) is 11.1 Å². The van der Waals surface area contributed by atoms with E-state index in [0.29, 0.717) is 12.8 Å². The first-order valence-corrected chi connectivity index (χ1v) is 6.41. The second-order valence-corrected chi connectivity index (χ2v) is 4.99. The fourth-order valence-electron chi connectivity index (χ4n) is 2.01. The van der Waals surface area contributed by atoms with E-state index in [9.17, 15) is 13.2 Å². The highest BCUT2D eigenvalue weighted by Gasteiger charge is 2.26. The van der Waals surface area contributed by atoms with Crippen LogP contribution in [0.15, 0.2) is 18.2 Å². The number of halogens is 3. The van der Waals surface area contributed by atoms with E-state index in [2.05, 4.69) is 11.5 Å². The lowest BCUT2D eigenvalue weighted by Gasteiger charge is -2.17. The van der Waals surface area contributed by atoms with Crippen molar-refractivity contribution >= 4 is 0 Å². The molecule has 1 unspecified atom stereocenters. The number of rotatable bonds is 6. The smallest absolute Gasteiger partial charge is 0.271 e. The lowest BCUT2D eigenvalue weighted by atomic mass is 9.98. The summed E-state index contributed by atoms with van der Waals surface area (Å²) in [5.74, 6) is 5.41. The van der Waals surface area contributed by atoms with E-state index < -0.39 is 12.6 Å². The van der Waals surface area contributed by atoms with Crippen LogP contribution in [0.2, 0.25) is 0 Å². The van der Waals surface area contributed by atoms with Crippen molar-refractivity contribution < 1.29 is 13.2 Å². The summed E-state index contributed by atoms with van der Waals surface area (Å²) in [7, 11) is 0. The molecule has 3 N–H and O–H groups in total. The first-order valence-electron chi connectivity index (χ1n) is 6.41. The molecule has 0 aliphatic carbocycles. The molecule has 1 rings (SSSR count). The van der Waals surface area contributed by atoms with Gasteiger partial charge >= 0.3 is 6.18 Å². The molecule has 0 saturated heterocycles. The van der Waals surface area contributed by atoms with Gasteiger partial charge in [-0.3, -0.25) is 11.3 Å². The summed E-state index contributed by atoms with van der Waals surface area (Å²) in [5.41, 5.74) is 6.09. The van der Waals surface area contributed by atoms with Gasteiger partial charge in [0.05, 0.1) is 0 Å². The van der Waals surface area contributed by atoms with Gasteiger partial charge in [0.15, 0.2) is 0 Å². The zero-order chi connectivity index (χ0) is 14.5. The molecule has 1 aromatic carbocycles. The number of aryl methyl sites for hydroxylation is 2. The summed E-state index contributed by atoms with van der Waals surface area (Å²) in [6.45, 7) is 4.05. The topological polar surface area (TPSA) is 38.0 Å². The quantitative estimate of drug-likeness (QED) is 0.616. The minimum atomic E-state index is -4.08. The van der Waals surface area contributed by atoms with Crippen LogP contribution >= 0.6 is 0 Å². The monoisotopic (exact) mass is 274 g/mol. The minimum absolute atomic E-state index is 0.100. The Balaban J connectivity index is 2.49. The van der Waals surface area contributed by atoms with Gasteiger partial charge in [-0.25, -0.2) is 0 Å². The Morgan fingerprint density at radius 3 is 2.42 bits per heavy atom. The molecule has 0 radical (unpaired) electrons. The van der Waals surface area contributed by atoms with Gasteiger partial charge in [0.25, 0.3) is 0 Å². The number of hydrogen-bond acceptors (Lipinski definition) is 2. The van der Waals surface area contributed by atoms with E-state index in [1.807, 2.05) is 26.0 Å². The highest BCUT2D eigenvalue weighted by atomic mass is 19.4. The van der Waals surface area contributed by atoms with Crippen molar-refractivity contribution in [2.45, 2.75) is 51.7 Å². The fourth-order valence-corrected chi connectivity index (χ4v) is 2.01. The number of nitrogens with two attached hydrogens (primary N) is 1. The summed E-state index contributed by atoms with van der Waals surface area (Å²) >= 11 is 0. The third-order valence-electron chi connectivity index (χ3n) is 3.30. The lowest BCUT2D eigenvalue weighted by Crippen LogP contribution is -2.37. The molecule has 2 nitrogen and oxygen atoms in total. The second kappa shape index (κ2) is 6.91. The van der Waals surface area contributed by atoms with Crippen LogP contribution in [0.4, 0.5) is 13.2 Å². The van der Waals surface area contributed by atoms with E-state index in [0.717, 1.165) is 5.56 Å². The standard InChI is InChI=1S/C14H21F3N2/c1-10-5-6-12(8-11(10)2)9-13(19-18)4-3-7-14(15,16)17/h5-6,8,13,19H,3-4,7,9,18H2,1-2H3. The maximum Gasteiger partial charge on any atom is 0.389 e. The molecule has 1 aromatic rings. The maximum atomic E-state index is 12.1. The van der Waals surface area contributed by atoms with Crippen molar-refractivity contribution in [3.8, 4) is 0 Å². The Bertz CT molecular complexity index is 402. The van der Waals surface area contributed by atoms with Crippen molar-refractivity contribution in [3.05, 3.63) is 34.9 Å². The highest BCUT2D eigenvalue weighted by Crippen LogP contribution is 2.23. The molecule has 0 aromatic heterocycles. The molecule has 0 spiro atoms. The Labute approximate surface area is 112 Å². The van der Waals surface area contributed by atoms with Gasteiger partial charge in [-0.1, -0.05) is 18.2 Å². The van der Waals surface area contributed by atoms with Crippen LogP contribution in [0.1, 0.15) is 36.0 Å². The Kier molecular flexibility index (Phi) is 5.82. The van der Waals surface area contributed by atoms with Crippen LogP contribution < -0.4 is 11.3 Å². The third-order valence-corrected chi connectivity index (χ3v) is 3.30. The van der Waals surface area contributed by atoms with Crippen molar-refractivity contribution in [2.75, 3.05) is 0 Å². The lowest BCUT2D eigenvalue weighted by molar-refractivity contribution is -0.135. The predicted octanol–water partition coefficient (Wildman–Crippen LogP) is 3.41. The average molecular weight is 274 g/mol. The van der Waals surface area contributed by atoms with Gasteiger partial charge in [-0.15, -0.1) is 0 Å². The third kappa shape index (κ3) is 6.07. The molecule has 0 aliphatic rings. The van der Waals surface area contributed by atoms with Gasteiger partial charge in [-0.05, 0) is 49.8 Å². The Morgan fingerprint density at radius 2 is 1.89 bits per heavy atom. The first kappa shape index (κ1) is 16.0. The summed E-state index contributed by atoms with van der Waals surface area (Å²) in [4.78, 5) is 0. The van der Waals surface area contributed by atoms with Gasteiger partial charge in [0, 0.05) is 12.5 Å². The predicted molar refractivity (Wildman–Crippen MR) is 70.6 cm³/mol. The average Bonchev–Trinajstić information content (AvgIpc) is 2.31. The summed E-state index contributed by atoms with van der Waals surface area (Å²) < 4.78 is 36.2. The van der Waals surface area contributed by atoms with Crippen molar-refractivity contribution in [1.82, 2.24) is 5.43 Å². The van der Waals surface area contributed by atoms with Crippen LogP contribution in [0.5, 0.6) is 0 Å². The summed E-state index contributed by atoms with van der Waals surface area (Å²) in [6.07, 6.45) is -3.67. The summed E-state index contributed by atoms with van der Waals surface area (Å²) in [5, 5.41) is 0. The van der Waals surface area contributed by atoms with Crippen LogP contribution in [0.25, 0.3) is 0 Å². The molecule has 0 bridgehead atoms. The van der Waals surface area contributed by atoms with Crippen LogP contribution in [0.3, 0.4) is 0 Å². The zero-order valence-corrected chi connectivity index (χ0v) is 11.3. The maximum absolute atomic E-state index is 12.1. The highest BCUT2D eigenvalue weighted by molar-refractivity contribution is 5.30. The van der Waals surface area contributed by atoms with Crippen LogP contribution in [-0.2, 0) is 6.42 Å². The molecular weight excluding hydrogens is 253 g/mol. The van der Waals surface area contributed by atoms with Gasteiger partial charge < -0.3 is 0 Å². The molecule has 0 fully saturated rings. The molecule has 108 valence electrons. The van der Waals surface area contributed by atoms with Crippen molar-refractivity contribution in [3.63, 3.8) is 0 Å². The number of nitrogens with one attached hydrogen (secondary N) is 1. The van der Waals surface area contributed by atoms with Crippen molar-refractivity contribution in [1.29, 1.82) is 0 Å². The summed E-state index contributed by atoms with van der Waals surface area (Å²) in [6, 6.07) is 5.96. The molecule has 19 heavy (non-hydrogen) atoms. The van der Waals surface area contributed by atoms with Gasteiger partial charge in [-0.2, -0.15) is 13.2 Å². The van der Waals surface area contributed by atoms with Crippen LogP contribution in [-0.4, -0.2) is 12.2 Å². The first-order chi connectivity index (χ1) is 8.81. The Hall–Kier alpha value is -1.07. The molecular formula is C14H21F3N2. The normalized spacial score (nSPS) is 13.6. The van der Waals surface area contributed by atoms with Gasteiger partial charge in [0.1, 0.15) is 0 Å². The number of alkyl halides is 3. The second-order valence-electron chi connectivity index (χ2n) is 4.99. The van der Waals surface area contributed by atoms with Crippen LogP contribution in [0, 0.1) is 13.8 Å². The molecule has 1 atom stereocenters. The van der Waals surface area contributed by atoms with Gasteiger partial charge in [0.2, 0.25) is 0 Å². The molecule has 0 heterocycles. The number of hydrogen-bond donors (Lipinski definition) is 2. The fraction of sp³-hybridized carbons (Fsp3) is 0.571. The number of benzene rings is 1. The molecule has 0 aliphatic heterocycles. The van der Waals surface area contributed by atoms with Crippen molar-refractivity contribution in [2.24, 2.45) is 5.84 Å². The SMILES string of the molecule is Cc1ccc(CC(CCCC(F)(F)F)NN)cc1C. The number of hydrazine groups is 1. The van der Waals surface area contributed by atoms with E-state index >= 15 is 0 Å². The minimum Gasteiger partial charge on any atom is -0.271 e.